The molecule has 1 aliphatic rings. The van der Waals surface area contributed by atoms with Crippen molar-refractivity contribution in [2.24, 2.45) is 10.9 Å². The molecule has 2 aromatic carbocycles. The molecule has 3 rings (SSSR count). The predicted octanol–water partition coefficient (Wildman–Crippen LogP) is 1.68. The number of fused-ring (bicyclic) bond motifs is 1. The molecule has 0 saturated carbocycles. The van der Waals surface area contributed by atoms with E-state index in [1.807, 2.05) is 50.3 Å². The molecule has 2 aromatic rings. The standard InChI is InChI=1S/C20H20N2O2/c1-13-8-9-16-12-17(20(24)22-18(16)14(13)2)10-11-21-19(23)15-6-4-3-5-7-15/h3-9,12,17H,10-11H2,1-2H3,(H,21,23). The molecular weight excluding hydrogens is 300 g/mol. The Hall–Kier alpha value is -2.75. The SMILES string of the molecule is Cc1ccc2c(c1C)=NC(=O)C(CCNC(=O)c1ccccc1)C=2. The van der Waals surface area contributed by atoms with E-state index >= 15 is 0 Å². The normalized spacial score (nSPS) is 15.9. The number of hydrogen-bond donors (Lipinski definition) is 1. The van der Waals surface area contributed by atoms with E-state index in [0.29, 0.717) is 18.5 Å². The zero-order valence-corrected chi connectivity index (χ0v) is 13.9. The summed E-state index contributed by atoms with van der Waals surface area (Å²) in [6.07, 6.45) is 2.51. The number of hydrogen-bond acceptors (Lipinski definition) is 2. The molecule has 1 unspecified atom stereocenters. The van der Waals surface area contributed by atoms with Crippen LogP contribution in [0.25, 0.3) is 6.08 Å². The van der Waals surface area contributed by atoms with Crippen molar-refractivity contribution in [3.05, 3.63) is 69.7 Å². The van der Waals surface area contributed by atoms with Crippen molar-refractivity contribution in [2.45, 2.75) is 20.3 Å². The van der Waals surface area contributed by atoms with Gasteiger partial charge in [-0.15, -0.1) is 0 Å². The zero-order chi connectivity index (χ0) is 17.1. The van der Waals surface area contributed by atoms with Gasteiger partial charge in [-0.1, -0.05) is 36.4 Å². The third-order valence-corrected chi connectivity index (χ3v) is 4.43. The van der Waals surface area contributed by atoms with Crippen molar-refractivity contribution < 1.29 is 9.59 Å². The van der Waals surface area contributed by atoms with Crippen LogP contribution in [0, 0.1) is 19.8 Å². The first-order valence-electron chi connectivity index (χ1n) is 8.10. The number of carbonyl (C=O) groups is 2. The summed E-state index contributed by atoms with van der Waals surface area (Å²) in [7, 11) is 0. The highest BCUT2D eigenvalue weighted by molar-refractivity contribution is 5.94. The van der Waals surface area contributed by atoms with Crippen molar-refractivity contribution in [1.82, 2.24) is 5.32 Å². The van der Waals surface area contributed by atoms with Gasteiger partial charge >= 0.3 is 0 Å². The van der Waals surface area contributed by atoms with Crippen molar-refractivity contribution >= 4 is 17.9 Å². The summed E-state index contributed by atoms with van der Waals surface area (Å²) in [5.41, 5.74) is 2.80. The molecule has 0 radical (unpaired) electrons. The van der Waals surface area contributed by atoms with Crippen LogP contribution in [-0.2, 0) is 4.79 Å². The van der Waals surface area contributed by atoms with Gasteiger partial charge in [0, 0.05) is 12.1 Å². The van der Waals surface area contributed by atoms with Gasteiger partial charge in [0.25, 0.3) is 11.8 Å². The van der Waals surface area contributed by atoms with Crippen LogP contribution in [0.1, 0.15) is 27.9 Å². The fraction of sp³-hybridized carbons (Fsp3) is 0.250. The number of nitrogens with zero attached hydrogens (tertiary/aromatic N) is 1. The number of aryl methyl sites for hydroxylation is 1. The highest BCUT2D eigenvalue weighted by Gasteiger charge is 2.19. The quantitative estimate of drug-likeness (QED) is 0.932. The van der Waals surface area contributed by atoms with Gasteiger partial charge < -0.3 is 5.32 Å². The van der Waals surface area contributed by atoms with Gasteiger partial charge in [0.1, 0.15) is 0 Å². The largest absolute Gasteiger partial charge is 0.352 e. The fourth-order valence-corrected chi connectivity index (χ4v) is 2.83. The second-order valence-electron chi connectivity index (χ2n) is 6.08. The molecule has 1 atom stereocenters. The monoisotopic (exact) mass is 320 g/mol. The molecular formula is C20H20N2O2. The number of rotatable bonds is 4. The number of carbonyl (C=O) groups excluding carboxylic acids is 2. The lowest BCUT2D eigenvalue weighted by molar-refractivity contribution is -0.120. The van der Waals surface area contributed by atoms with Crippen LogP contribution in [-0.4, -0.2) is 18.4 Å². The summed E-state index contributed by atoms with van der Waals surface area (Å²) in [6.45, 7) is 4.44. The van der Waals surface area contributed by atoms with E-state index in [1.54, 1.807) is 12.1 Å². The first kappa shape index (κ1) is 16.1. The molecule has 0 fully saturated rings. The van der Waals surface area contributed by atoms with Crippen LogP contribution >= 0.6 is 0 Å². The Bertz CT molecular complexity index is 901. The maximum absolute atomic E-state index is 12.3. The Morgan fingerprint density at radius 1 is 1.12 bits per heavy atom. The summed E-state index contributed by atoms with van der Waals surface area (Å²) in [5, 5.41) is 4.64. The molecule has 0 aliphatic carbocycles. The molecule has 4 heteroatoms. The maximum Gasteiger partial charge on any atom is 0.253 e. The van der Waals surface area contributed by atoms with Gasteiger partial charge in [0.15, 0.2) is 0 Å². The van der Waals surface area contributed by atoms with Crippen molar-refractivity contribution in [1.29, 1.82) is 0 Å². The van der Waals surface area contributed by atoms with Crippen LogP contribution in [0.3, 0.4) is 0 Å². The lowest BCUT2D eigenvalue weighted by Crippen LogP contribution is -2.37. The second-order valence-corrected chi connectivity index (χ2v) is 6.08. The Morgan fingerprint density at radius 2 is 1.88 bits per heavy atom. The van der Waals surface area contributed by atoms with E-state index < -0.39 is 0 Å². The number of benzene rings is 2. The molecule has 0 bridgehead atoms. The van der Waals surface area contributed by atoms with E-state index in [-0.39, 0.29) is 17.7 Å². The van der Waals surface area contributed by atoms with E-state index in [9.17, 15) is 9.59 Å². The lowest BCUT2D eigenvalue weighted by atomic mass is 9.98. The van der Waals surface area contributed by atoms with Crippen LogP contribution in [0.5, 0.6) is 0 Å². The summed E-state index contributed by atoms with van der Waals surface area (Å²) < 4.78 is 0. The molecule has 2 amide bonds. The predicted molar refractivity (Wildman–Crippen MR) is 93.1 cm³/mol. The minimum atomic E-state index is -0.282. The highest BCUT2D eigenvalue weighted by Crippen LogP contribution is 2.10. The minimum Gasteiger partial charge on any atom is -0.352 e. The summed E-state index contributed by atoms with van der Waals surface area (Å²) in [5.74, 6) is -0.538. The second kappa shape index (κ2) is 6.79. The Morgan fingerprint density at radius 3 is 2.62 bits per heavy atom. The van der Waals surface area contributed by atoms with Gasteiger partial charge in [-0.2, -0.15) is 0 Å². The summed E-state index contributed by atoms with van der Waals surface area (Å²) >= 11 is 0. The van der Waals surface area contributed by atoms with E-state index in [2.05, 4.69) is 10.3 Å². The van der Waals surface area contributed by atoms with Crippen molar-refractivity contribution in [3.63, 3.8) is 0 Å². The van der Waals surface area contributed by atoms with Crippen molar-refractivity contribution in [2.75, 3.05) is 6.54 Å². The molecule has 24 heavy (non-hydrogen) atoms. The van der Waals surface area contributed by atoms with Crippen LogP contribution in [0.2, 0.25) is 0 Å². The van der Waals surface area contributed by atoms with E-state index in [4.69, 9.17) is 0 Å². The van der Waals surface area contributed by atoms with Crippen LogP contribution in [0.4, 0.5) is 0 Å². The zero-order valence-electron chi connectivity index (χ0n) is 13.9. The summed E-state index contributed by atoms with van der Waals surface area (Å²) in [4.78, 5) is 28.5. The van der Waals surface area contributed by atoms with Gasteiger partial charge in [0.2, 0.25) is 0 Å². The van der Waals surface area contributed by atoms with Gasteiger partial charge in [-0.3, -0.25) is 9.59 Å². The summed E-state index contributed by atoms with van der Waals surface area (Å²) in [6, 6.07) is 13.1. The third-order valence-electron chi connectivity index (χ3n) is 4.43. The molecule has 0 aromatic heterocycles. The Balaban J connectivity index is 1.68. The number of nitrogens with one attached hydrogen (secondary N) is 1. The molecule has 4 nitrogen and oxygen atoms in total. The average molecular weight is 320 g/mol. The van der Waals surface area contributed by atoms with Crippen LogP contribution in [0.15, 0.2) is 47.5 Å². The number of amides is 2. The minimum absolute atomic E-state index is 0.123. The third kappa shape index (κ3) is 3.27. The van der Waals surface area contributed by atoms with Gasteiger partial charge in [-0.25, -0.2) is 4.99 Å². The molecule has 1 heterocycles. The van der Waals surface area contributed by atoms with Gasteiger partial charge in [-0.05, 0) is 48.7 Å². The Kier molecular flexibility index (Phi) is 4.56. The Labute approximate surface area is 140 Å². The van der Waals surface area contributed by atoms with Crippen LogP contribution < -0.4 is 15.9 Å². The first-order valence-corrected chi connectivity index (χ1v) is 8.10. The maximum atomic E-state index is 12.3. The highest BCUT2D eigenvalue weighted by atomic mass is 16.2. The molecule has 122 valence electrons. The topological polar surface area (TPSA) is 58.5 Å². The molecule has 1 aliphatic heterocycles. The smallest absolute Gasteiger partial charge is 0.253 e. The lowest BCUT2D eigenvalue weighted by Gasteiger charge is -2.14. The first-order chi connectivity index (χ1) is 11.6. The molecule has 0 spiro atoms. The average Bonchev–Trinajstić information content (AvgIpc) is 2.60. The molecule has 0 saturated heterocycles. The van der Waals surface area contributed by atoms with Gasteiger partial charge in [0.05, 0.1) is 11.3 Å². The van der Waals surface area contributed by atoms with E-state index in [1.165, 1.54) is 0 Å². The molecule has 1 N–H and O–H groups in total. The van der Waals surface area contributed by atoms with Crippen molar-refractivity contribution in [3.8, 4) is 0 Å². The van der Waals surface area contributed by atoms with E-state index in [0.717, 1.165) is 21.7 Å². The fourth-order valence-electron chi connectivity index (χ4n) is 2.83.